The Kier molecular flexibility index (Phi) is 12.8. The minimum atomic E-state index is -0.108. The van der Waals surface area contributed by atoms with E-state index in [1.807, 2.05) is 21.0 Å². The maximum Gasteiger partial charge on any atom is 0.220 e. The molecule has 2 saturated carbocycles. The van der Waals surface area contributed by atoms with E-state index in [9.17, 15) is 10.1 Å². The standard InChI is InChI=1S/C30H54ClN7O2/c1-4-40-28-16-26-23(15-27(28)37-29(39)9-7-13-38(2)3)30(20(17-32)18-34-26)36-21-10-11-25(24(31)14-21)35-19-22-8-5-6-12-33-22/h20-28,30,33-36H,4-16,18-19H2,1-3H3,(H,37,39). The number of fused-ring (bicyclic) bond motifs is 1. The van der Waals surface area contributed by atoms with E-state index in [0.29, 0.717) is 37.7 Å². The number of hydrogen-bond acceptors (Lipinski definition) is 8. The molecular formula is C30H54ClN7O2. The minimum absolute atomic E-state index is 0.0109. The highest BCUT2D eigenvalue weighted by atomic mass is 35.5. The van der Waals surface area contributed by atoms with Gasteiger partial charge in [-0.15, -0.1) is 11.6 Å². The van der Waals surface area contributed by atoms with Crippen LogP contribution in [0.4, 0.5) is 0 Å². The van der Waals surface area contributed by atoms with Gasteiger partial charge in [-0.25, -0.2) is 0 Å². The first-order chi connectivity index (χ1) is 19.4. The van der Waals surface area contributed by atoms with Crippen molar-refractivity contribution in [2.45, 2.75) is 119 Å². The molecule has 0 aromatic carbocycles. The highest BCUT2D eigenvalue weighted by Crippen LogP contribution is 2.36. The Morgan fingerprint density at radius 3 is 2.67 bits per heavy atom. The summed E-state index contributed by atoms with van der Waals surface area (Å²) in [5.41, 5.74) is 0. The fraction of sp³-hybridized carbons (Fsp3) is 0.933. The highest BCUT2D eigenvalue weighted by Gasteiger charge is 2.47. The molecule has 0 bridgehead atoms. The molecule has 10 heteroatoms. The van der Waals surface area contributed by atoms with E-state index in [-0.39, 0.29) is 47.3 Å². The molecular weight excluding hydrogens is 526 g/mol. The van der Waals surface area contributed by atoms with E-state index in [4.69, 9.17) is 16.3 Å². The van der Waals surface area contributed by atoms with Crippen molar-refractivity contribution in [2.75, 3.05) is 46.9 Å². The van der Waals surface area contributed by atoms with Gasteiger partial charge in [-0.3, -0.25) is 4.79 Å². The third-order valence-electron chi connectivity index (χ3n) is 9.61. The van der Waals surface area contributed by atoms with Crippen LogP contribution in [0.2, 0.25) is 0 Å². The summed E-state index contributed by atoms with van der Waals surface area (Å²) in [6.45, 7) is 6.34. The average molecular weight is 580 g/mol. The number of carbonyl (C=O) groups excluding carboxylic acids is 1. The van der Waals surface area contributed by atoms with E-state index in [0.717, 1.165) is 58.2 Å². The molecule has 10 unspecified atom stereocenters. The quantitative estimate of drug-likeness (QED) is 0.223. The predicted octanol–water partition coefficient (Wildman–Crippen LogP) is 1.96. The molecule has 0 aromatic rings. The summed E-state index contributed by atoms with van der Waals surface area (Å²) in [6.07, 6.45) is 9.86. The van der Waals surface area contributed by atoms with Crippen molar-refractivity contribution in [3.05, 3.63) is 0 Å². The lowest BCUT2D eigenvalue weighted by Gasteiger charge is -2.50. The summed E-state index contributed by atoms with van der Waals surface area (Å²) >= 11 is 6.95. The third-order valence-corrected chi connectivity index (χ3v) is 10.1. The Bertz CT molecular complexity index is 820. The van der Waals surface area contributed by atoms with Crippen LogP contribution in [0.1, 0.15) is 71.1 Å². The molecule has 1 amide bonds. The molecule has 40 heavy (non-hydrogen) atoms. The summed E-state index contributed by atoms with van der Waals surface area (Å²) in [4.78, 5) is 15.0. The molecule has 5 N–H and O–H groups in total. The molecule has 4 fully saturated rings. The van der Waals surface area contributed by atoms with Gasteiger partial charge in [-0.2, -0.15) is 5.26 Å². The van der Waals surface area contributed by atoms with Crippen LogP contribution in [0.5, 0.6) is 0 Å². The van der Waals surface area contributed by atoms with Crippen LogP contribution >= 0.6 is 11.6 Å². The number of hydrogen-bond donors (Lipinski definition) is 5. The largest absolute Gasteiger partial charge is 0.376 e. The van der Waals surface area contributed by atoms with Crippen LogP contribution in [-0.2, 0) is 9.53 Å². The molecule has 2 saturated heterocycles. The van der Waals surface area contributed by atoms with Crippen molar-refractivity contribution in [2.24, 2.45) is 11.8 Å². The number of nitrogens with one attached hydrogen (secondary N) is 5. The van der Waals surface area contributed by atoms with Gasteiger partial charge >= 0.3 is 0 Å². The monoisotopic (exact) mass is 579 g/mol. The molecule has 2 aliphatic heterocycles. The fourth-order valence-electron chi connectivity index (χ4n) is 7.45. The average Bonchev–Trinajstić information content (AvgIpc) is 2.94. The second-order valence-electron chi connectivity index (χ2n) is 12.8. The van der Waals surface area contributed by atoms with Gasteiger partial charge in [0.1, 0.15) is 0 Å². The van der Waals surface area contributed by atoms with Gasteiger partial charge in [0.15, 0.2) is 0 Å². The van der Waals surface area contributed by atoms with Crippen LogP contribution in [-0.4, -0.2) is 105 Å². The SMILES string of the molecule is CCOC1CC2NCC(C#N)C(NC3CCC(NCC4CCCCN4)C(Cl)C3)C2CC1NC(=O)CCCN(C)C. The zero-order valence-electron chi connectivity index (χ0n) is 25.0. The van der Waals surface area contributed by atoms with Crippen LogP contribution < -0.4 is 26.6 Å². The topological polar surface area (TPSA) is 113 Å². The maximum atomic E-state index is 12.8. The molecule has 228 valence electrons. The lowest BCUT2D eigenvalue weighted by atomic mass is 9.69. The number of amides is 1. The molecule has 4 aliphatic rings. The predicted molar refractivity (Wildman–Crippen MR) is 160 cm³/mol. The Balaban J connectivity index is 1.34. The number of carbonyl (C=O) groups is 1. The second-order valence-corrected chi connectivity index (χ2v) is 13.4. The van der Waals surface area contributed by atoms with Crippen LogP contribution in [0, 0.1) is 23.2 Å². The molecule has 0 spiro atoms. The van der Waals surface area contributed by atoms with Crippen LogP contribution in [0.25, 0.3) is 0 Å². The lowest BCUT2D eigenvalue weighted by molar-refractivity contribution is -0.124. The van der Waals surface area contributed by atoms with Crippen LogP contribution in [0.15, 0.2) is 0 Å². The van der Waals surface area contributed by atoms with Crippen molar-refractivity contribution in [3.63, 3.8) is 0 Å². The van der Waals surface area contributed by atoms with Gasteiger partial charge < -0.3 is 36.2 Å². The van der Waals surface area contributed by atoms with Crippen LogP contribution in [0.3, 0.4) is 0 Å². The summed E-state index contributed by atoms with van der Waals surface area (Å²) < 4.78 is 6.14. The van der Waals surface area contributed by atoms with Gasteiger partial charge in [0.2, 0.25) is 5.91 Å². The van der Waals surface area contributed by atoms with Crippen molar-refractivity contribution >= 4 is 17.5 Å². The van der Waals surface area contributed by atoms with Crippen molar-refractivity contribution in [1.82, 2.24) is 31.5 Å². The molecule has 0 radical (unpaired) electrons. The fourth-order valence-corrected chi connectivity index (χ4v) is 7.88. The van der Waals surface area contributed by atoms with Gasteiger partial charge in [0.05, 0.1) is 29.5 Å². The van der Waals surface area contributed by atoms with E-state index < -0.39 is 0 Å². The Labute approximate surface area is 247 Å². The number of alkyl halides is 1. The summed E-state index contributed by atoms with van der Waals surface area (Å²) in [5, 5.41) is 28.5. The van der Waals surface area contributed by atoms with Gasteiger partial charge in [0, 0.05) is 56.3 Å². The van der Waals surface area contributed by atoms with Gasteiger partial charge in [-0.1, -0.05) is 6.42 Å². The number of nitrogens with zero attached hydrogens (tertiary/aromatic N) is 2. The molecule has 9 nitrogen and oxygen atoms in total. The van der Waals surface area contributed by atoms with Crippen molar-refractivity contribution < 1.29 is 9.53 Å². The number of piperidine rings is 2. The normalized spacial score (nSPS) is 38.4. The Morgan fingerprint density at radius 1 is 1.12 bits per heavy atom. The number of nitriles is 1. The summed E-state index contributed by atoms with van der Waals surface area (Å²) in [5.74, 6) is 0.242. The van der Waals surface area contributed by atoms with Crippen molar-refractivity contribution in [3.8, 4) is 6.07 Å². The molecule has 10 atom stereocenters. The van der Waals surface area contributed by atoms with E-state index in [1.54, 1.807) is 0 Å². The second kappa shape index (κ2) is 16.0. The highest BCUT2D eigenvalue weighted by molar-refractivity contribution is 6.21. The zero-order valence-corrected chi connectivity index (χ0v) is 25.7. The summed E-state index contributed by atoms with van der Waals surface area (Å²) in [6, 6.07) is 4.10. The number of halogens is 1. The zero-order chi connectivity index (χ0) is 28.5. The first-order valence-corrected chi connectivity index (χ1v) is 16.4. The lowest BCUT2D eigenvalue weighted by Crippen LogP contribution is -2.66. The number of ether oxygens (including phenoxy) is 1. The van der Waals surface area contributed by atoms with Gasteiger partial charge in [-0.05, 0) is 91.4 Å². The van der Waals surface area contributed by atoms with E-state index >= 15 is 0 Å². The number of rotatable bonds is 12. The first-order valence-electron chi connectivity index (χ1n) is 15.9. The van der Waals surface area contributed by atoms with E-state index in [1.165, 1.54) is 19.3 Å². The molecule has 2 aliphatic carbocycles. The third kappa shape index (κ3) is 9.00. The maximum absolute atomic E-state index is 12.8. The molecule has 0 aromatic heterocycles. The molecule has 2 heterocycles. The summed E-state index contributed by atoms with van der Waals surface area (Å²) in [7, 11) is 4.06. The van der Waals surface area contributed by atoms with E-state index in [2.05, 4.69) is 37.6 Å². The van der Waals surface area contributed by atoms with Crippen molar-refractivity contribution in [1.29, 1.82) is 5.26 Å². The smallest absolute Gasteiger partial charge is 0.220 e. The van der Waals surface area contributed by atoms with Gasteiger partial charge in [0.25, 0.3) is 0 Å². The molecule has 4 rings (SSSR count). The first kappa shape index (κ1) is 31.9. The Morgan fingerprint density at radius 2 is 1.98 bits per heavy atom. The minimum Gasteiger partial charge on any atom is -0.376 e. The Hall–Kier alpha value is -0.990.